The molecule has 0 unspecified atom stereocenters. The van der Waals surface area contributed by atoms with E-state index in [4.69, 9.17) is 0 Å². The molecule has 0 fully saturated rings. The monoisotopic (exact) mass is 1170 g/mol. The summed E-state index contributed by atoms with van der Waals surface area (Å²) in [6.45, 7) is 0. The van der Waals surface area contributed by atoms with E-state index in [9.17, 15) is 34.5 Å². The van der Waals surface area contributed by atoms with E-state index in [1.165, 1.54) is 64.2 Å². The summed E-state index contributed by atoms with van der Waals surface area (Å²) in [7, 11) is -7.98. The second kappa shape index (κ2) is 28.6. The van der Waals surface area contributed by atoms with Gasteiger partial charge in [0.1, 0.15) is 74.1 Å². The van der Waals surface area contributed by atoms with Gasteiger partial charge in [0.15, 0.2) is 0 Å². The van der Waals surface area contributed by atoms with Crippen LogP contribution in [0.2, 0.25) is 0 Å². The van der Waals surface area contributed by atoms with E-state index in [1.54, 1.807) is 0 Å². The first-order valence-corrected chi connectivity index (χ1v) is 30.2. The van der Waals surface area contributed by atoms with Crippen molar-refractivity contribution in [3.8, 4) is 0 Å². The molecule has 0 aliphatic heterocycles. The van der Waals surface area contributed by atoms with Crippen LogP contribution < -0.4 is 73.3 Å². The van der Waals surface area contributed by atoms with Crippen molar-refractivity contribution in [1.82, 2.24) is 9.13 Å². The fourth-order valence-electron chi connectivity index (χ4n) is 9.20. The zero-order valence-corrected chi connectivity index (χ0v) is 47.5. The first-order valence-electron chi connectivity index (χ1n) is 24.2. The molecule has 4 nitrogen and oxygen atoms in total. The summed E-state index contributed by atoms with van der Waals surface area (Å²) in [5, 5.41) is 11.3. The number of nitrogens with zero attached hydrogens (tertiary/aromatic N) is 4. The molecule has 0 saturated carbocycles. The van der Waals surface area contributed by atoms with E-state index < -0.39 is 46.2 Å². The Morgan fingerprint density at radius 3 is 0.584 bits per heavy atom. The summed E-state index contributed by atoms with van der Waals surface area (Å²) in [6, 6.07) is 88.5. The number of benzene rings is 8. The number of aromatic nitrogens is 4. The van der Waals surface area contributed by atoms with Gasteiger partial charge in [-0.25, -0.2) is 0 Å². The second-order valence-corrected chi connectivity index (χ2v) is 27.0. The molecule has 0 bridgehead atoms. The fourth-order valence-corrected chi connectivity index (χ4v) is 21.7. The third-order valence-corrected chi connectivity index (χ3v) is 24.0. The first kappa shape index (κ1) is 60.2. The van der Waals surface area contributed by atoms with Gasteiger partial charge in [-0.3, -0.25) is 0 Å². The number of halogens is 8. The Labute approximate surface area is 461 Å². The maximum Gasteiger partial charge on any atom is 0.673 e. The predicted molar refractivity (Wildman–Crippen MR) is 314 cm³/mol. The number of rotatable bonds is 12. The molecule has 8 aromatic carbocycles. The number of hydrogen-bond acceptors (Lipinski definition) is 0. The molecule has 0 atom stereocenters. The topological polar surface area (TPSA) is 17.6 Å². The van der Waals surface area contributed by atoms with Crippen molar-refractivity contribution in [2.24, 2.45) is 28.2 Å². The Morgan fingerprint density at radius 1 is 0.286 bits per heavy atom. The third kappa shape index (κ3) is 17.0. The number of aryl methyl sites for hydroxylation is 4. The summed E-state index contributed by atoms with van der Waals surface area (Å²) in [5.74, 6) is 0. The molecule has 10 rings (SSSR count). The Balaban J connectivity index is 0.000000210. The smallest absolute Gasteiger partial charge is 0.418 e. The summed E-state index contributed by atoms with van der Waals surface area (Å²) in [4.78, 5) is 0. The van der Waals surface area contributed by atoms with Gasteiger partial charge in [0.2, 0.25) is 12.7 Å². The molecule has 399 valence electrons. The molecule has 77 heavy (non-hydrogen) atoms. The van der Waals surface area contributed by atoms with E-state index in [0.29, 0.717) is 0 Å². The zero-order chi connectivity index (χ0) is 54.2. The Bertz CT molecular complexity index is 2720. The van der Waals surface area contributed by atoms with Crippen LogP contribution in [0.3, 0.4) is 0 Å². The largest absolute Gasteiger partial charge is 0.673 e. The Hall–Kier alpha value is -6.01. The van der Waals surface area contributed by atoms with Crippen LogP contribution in [0.1, 0.15) is 0 Å². The third-order valence-electron chi connectivity index (χ3n) is 12.0. The van der Waals surface area contributed by atoms with Gasteiger partial charge in [0.25, 0.3) is 0 Å². The second-order valence-electron chi connectivity index (χ2n) is 17.5. The van der Waals surface area contributed by atoms with Crippen molar-refractivity contribution in [3.63, 3.8) is 0 Å². The van der Waals surface area contributed by atoms with Gasteiger partial charge >= 0.3 is 36.2 Å². The average Bonchev–Trinajstić information content (AvgIpc) is 3.91. The predicted octanol–water partition coefficient (Wildman–Crippen LogP) is 8.26. The van der Waals surface area contributed by atoms with Gasteiger partial charge in [-0.05, 0) is 97.1 Å². The van der Waals surface area contributed by atoms with Gasteiger partial charge < -0.3 is 34.5 Å². The minimum absolute atomic E-state index is 0. The van der Waals surface area contributed by atoms with Gasteiger partial charge in [0.05, 0.1) is 28.2 Å². The molecule has 0 amide bonds. The molecule has 0 aliphatic rings. The molecule has 0 spiro atoms. The van der Waals surface area contributed by atoms with Crippen molar-refractivity contribution in [1.29, 1.82) is 0 Å². The van der Waals surface area contributed by atoms with E-state index in [1.807, 2.05) is 0 Å². The molecule has 19 heteroatoms. The molecular weight excluding hydrogens is 1110 g/mol. The van der Waals surface area contributed by atoms with Crippen LogP contribution in [0.25, 0.3) is 0 Å². The normalized spacial score (nSPS) is 11.2. The average molecular weight is 1170 g/mol. The SMILES string of the molecule is Cn1c[n+](C)c([PH+](c2ccccc2)c2ccccc2)c1[PH+](c1ccccc1)c1ccccc1.Cn1c[n+](C)c([PH+](c2ccccc2)c2ccccc2)c1[PH+](c1ccccc1)c1ccccc1.F[B-](F)(F)F.F[B-](F)(F)F.[Cu]. The molecule has 0 N–H and O–H groups in total. The van der Waals surface area contributed by atoms with Crippen LogP contribution in [-0.4, -0.2) is 23.6 Å². The van der Waals surface area contributed by atoms with Gasteiger partial charge in [-0.2, -0.15) is 18.3 Å². The fraction of sp³-hybridized carbons (Fsp3) is 0.0690. The van der Waals surface area contributed by atoms with Crippen LogP contribution in [0.4, 0.5) is 34.5 Å². The van der Waals surface area contributed by atoms with Gasteiger partial charge in [-0.1, -0.05) is 146 Å². The molecule has 2 aromatic heterocycles. The minimum atomic E-state index is -6.00. The standard InChI is InChI=1S/2C29H27N2P2.2BF4.Cu/c2*1-30-23-31(2)29(33(26-19-11-5-12-20-26)27-21-13-6-14-22-27)28(30)32(24-15-7-3-8-16-24)25-17-9-4-10-18-25;2*2-1(3,4)5;/h2*3-23H,1-2H3;;;/q2*+1;2*-1;/p+4. The molecule has 2 heterocycles. The summed E-state index contributed by atoms with van der Waals surface area (Å²) < 4.78 is 87.5. The summed E-state index contributed by atoms with van der Waals surface area (Å²) >= 11 is 0. The van der Waals surface area contributed by atoms with Crippen molar-refractivity contribution in [2.75, 3.05) is 0 Å². The molecule has 10 aromatic rings. The van der Waals surface area contributed by atoms with Crippen molar-refractivity contribution in [3.05, 3.63) is 255 Å². The first-order chi connectivity index (χ1) is 36.5. The summed E-state index contributed by atoms with van der Waals surface area (Å²) in [5.41, 5.74) is 5.84. The van der Waals surface area contributed by atoms with Crippen LogP contribution in [0.5, 0.6) is 0 Å². The van der Waals surface area contributed by atoms with Crippen molar-refractivity contribution in [2.45, 2.75) is 0 Å². The van der Waals surface area contributed by atoms with Crippen LogP contribution >= 0.6 is 31.7 Å². The maximum absolute atomic E-state index is 9.75. The number of hydrogen-bond donors (Lipinski definition) is 0. The zero-order valence-electron chi connectivity index (χ0n) is 42.5. The maximum atomic E-state index is 9.75. The van der Waals surface area contributed by atoms with Crippen LogP contribution in [0.15, 0.2) is 255 Å². The summed E-state index contributed by atoms with van der Waals surface area (Å²) in [6.07, 6.45) is 4.52. The quantitative estimate of drug-likeness (QED) is 0.0508. The number of imidazole rings is 2. The van der Waals surface area contributed by atoms with E-state index in [-0.39, 0.29) is 17.1 Å². The van der Waals surface area contributed by atoms with E-state index >= 15 is 0 Å². The van der Waals surface area contributed by atoms with E-state index in [2.05, 4.69) is 302 Å². The van der Waals surface area contributed by atoms with Crippen molar-refractivity contribution < 1.29 is 60.7 Å². The van der Waals surface area contributed by atoms with Crippen molar-refractivity contribution >= 4 is 110 Å². The Morgan fingerprint density at radius 2 is 0.429 bits per heavy atom. The van der Waals surface area contributed by atoms with Gasteiger partial charge in [-0.15, -0.1) is 0 Å². The molecule has 0 aliphatic carbocycles. The minimum Gasteiger partial charge on any atom is -0.418 e. The molecular formula is C58H58B2CuF8N4P4+4. The van der Waals surface area contributed by atoms with Crippen LogP contribution in [-0.2, 0) is 45.3 Å². The molecule has 0 saturated heterocycles. The van der Waals surface area contributed by atoms with E-state index in [0.717, 1.165) is 0 Å². The molecule has 1 radical (unpaired) electrons. The Kier molecular flexibility index (Phi) is 22.3. The van der Waals surface area contributed by atoms with Gasteiger partial charge in [0, 0.05) is 17.1 Å². The van der Waals surface area contributed by atoms with Crippen LogP contribution in [0, 0.1) is 0 Å².